The number of piperidine rings is 3. The van der Waals surface area contributed by atoms with Crippen molar-refractivity contribution in [3.05, 3.63) is 95.9 Å². The number of ether oxygens (including phenoxy) is 1. The Morgan fingerprint density at radius 1 is 0.881 bits per heavy atom. The molecule has 7 rings (SSSR count). The van der Waals surface area contributed by atoms with E-state index >= 15 is 0 Å². The van der Waals surface area contributed by atoms with Crippen molar-refractivity contribution < 1.29 is 24.2 Å². The number of carbonyl (C=O) groups excluding carboxylic acids is 2. The lowest BCUT2D eigenvalue weighted by atomic mass is 9.93. The molecule has 1 unspecified atom stereocenters. The summed E-state index contributed by atoms with van der Waals surface area (Å²) >= 11 is 1.65. The average Bonchev–Trinajstić information content (AvgIpc) is 3.78. The minimum atomic E-state index is -0.773. The number of hydrogen-bond donors (Lipinski definition) is 3. The number of hydrogen-bond acceptors (Lipinski definition) is 10. The average molecular weight is 826 g/mol. The van der Waals surface area contributed by atoms with Gasteiger partial charge in [0.05, 0.1) is 11.9 Å². The molecule has 0 bridgehead atoms. The number of H-pyrrole nitrogens is 1. The van der Waals surface area contributed by atoms with Crippen LogP contribution in [0.3, 0.4) is 0 Å². The Bertz CT molecular complexity index is 1870. The number of pyridine rings is 1. The van der Waals surface area contributed by atoms with Gasteiger partial charge in [0.25, 0.3) is 5.91 Å². The van der Waals surface area contributed by atoms with Crippen LogP contribution in [0.1, 0.15) is 73.4 Å². The summed E-state index contributed by atoms with van der Waals surface area (Å²) in [5, 5.41) is 19.3. The third kappa shape index (κ3) is 14.4. The lowest BCUT2D eigenvalue weighted by Crippen LogP contribution is -2.40. The van der Waals surface area contributed by atoms with Gasteiger partial charge in [-0.05, 0) is 112 Å². The maximum atomic E-state index is 12.7. The number of rotatable bonds is 13. The summed E-state index contributed by atoms with van der Waals surface area (Å²) in [6, 6.07) is 21.5. The first-order valence-corrected chi connectivity index (χ1v) is 21.9. The Hall–Kier alpha value is -4.99. The zero-order chi connectivity index (χ0) is 41.4. The van der Waals surface area contributed by atoms with Gasteiger partial charge in [-0.3, -0.25) is 14.8 Å². The van der Waals surface area contributed by atoms with E-state index in [0.29, 0.717) is 49.3 Å². The van der Waals surface area contributed by atoms with Crippen LogP contribution >= 0.6 is 11.8 Å². The van der Waals surface area contributed by atoms with E-state index in [1.807, 2.05) is 30.3 Å². The number of nitrogens with zero attached hydrogens (tertiary/aromatic N) is 7. The van der Waals surface area contributed by atoms with Gasteiger partial charge < -0.3 is 29.9 Å². The molecule has 2 aromatic carbocycles. The van der Waals surface area contributed by atoms with Gasteiger partial charge in [-0.25, -0.2) is 19.6 Å². The summed E-state index contributed by atoms with van der Waals surface area (Å²) in [5.41, 5.74) is 3.68. The Morgan fingerprint density at radius 3 is 2.27 bits per heavy atom. The smallest absolute Gasteiger partial charge is 0.416 e. The number of carboxylic acid groups (broad SMARTS) is 1. The highest BCUT2D eigenvalue weighted by molar-refractivity contribution is 7.99. The molecular formula is C44H59N9O5S. The molecule has 3 saturated heterocycles. The number of nitrogens with one attached hydrogen (secondary N) is 2. The molecule has 0 spiro atoms. The summed E-state index contributed by atoms with van der Waals surface area (Å²) < 4.78 is 5.47. The second-order valence-electron chi connectivity index (χ2n) is 16.1. The Kier molecular flexibility index (Phi) is 16.5. The van der Waals surface area contributed by atoms with Gasteiger partial charge >= 0.3 is 12.2 Å². The molecule has 5 heterocycles. The molecule has 0 saturated carbocycles. The van der Waals surface area contributed by atoms with E-state index in [9.17, 15) is 14.4 Å². The third-order valence-corrected chi connectivity index (χ3v) is 12.5. The van der Waals surface area contributed by atoms with Gasteiger partial charge in [0.2, 0.25) is 5.88 Å². The van der Waals surface area contributed by atoms with E-state index in [1.165, 1.54) is 41.4 Å². The number of anilines is 1. The minimum absolute atomic E-state index is 0.205. The molecule has 2 aromatic heterocycles. The van der Waals surface area contributed by atoms with Crippen LogP contribution < -0.4 is 10.1 Å². The van der Waals surface area contributed by atoms with Gasteiger partial charge in [0.15, 0.2) is 5.16 Å². The maximum absolute atomic E-state index is 12.7. The fourth-order valence-corrected chi connectivity index (χ4v) is 8.82. The highest BCUT2D eigenvalue weighted by Crippen LogP contribution is 2.26. The molecule has 3 aliphatic rings. The fraction of sp³-hybridized carbons (Fsp3) is 0.500. The van der Waals surface area contributed by atoms with Gasteiger partial charge in [-0.15, -0.1) is 0 Å². The van der Waals surface area contributed by atoms with Crippen LogP contribution in [0.2, 0.25) is 0 Å². The number of aromatic amines is 1. The van der Waals surface area contributed by atoms with Crippen LogP contribution in [0.4, 0.5) is 15.3 Å². The zero-order valence-corrected chi connectivity index (χ0v) is 35.2. The van der Waals surface area contributed by atoms with E-state index in [4.69, 9.17) is 9.84 Å². The van der Waals surface area contributed by atoms with E-state index in [1.54, 1.807) is 28.8 Å². The molecule has 0 radical (unpaired) electrons. The number of carbonyl (C=O) groups is 3. The number of aromatic nitrogens is 4. The van der Waals surface area contributed by atoms with Crippen LogP contribution in [-0.2, 0) is 13.1 Å². The first-order chi connectivity index (χ1) is 28.7. The maximum Gasteiger partial charge on any atom is 0.416 e. The monoisotopic (exact) mass is 825 g/mol. The second-order valence-corrected chi connectivity index (χ2v) is 17.2. The SMILES string of the molecule is CC1CCCN(Cc2ccc(C(=O)Nc3ccc(OC(=O)N4CCC(CSc5ncn[nH]5)CC4)nc3)cc2)C1.CN(CCC1CCN(C(=O)O)CC1)Cc1ccccc1. The number of amides is 3. The lowest BCUT2D eigenvalue weighted by Gasteiger charge is -2.31. The summed E-state index contributed by atoms with van der Waals surface area (Å²) in [4.78, 5) is 52.6. The highest BCUT2D eigenvalue weighted by Gasteiger charge is 2.25. The van der Waals surface area contributed by atoms with E-state index < -0.39 is 12.2 Å². The Balaban J connectivity index is 0.000000246. The molecule has 1 atom stereocenters. The third-order valence-electron chi connectivity index (χ3n) is 11.4. The Morgan fingerprint density at radius 2 is 1.61 bits per heavy atom. The van der Waals surface area contributed by atoms with Crippen molar-refractivity contribution in [3.63, 3.8) is 0 Å². The standard InChI is InChI=1S/C28H35N7O3S.C16H24N2O2/c1-20-3-2-12-34(16-20)17-21-4-6-23(7-5-21)26(36)32-24-8-9-25(29-15-24)38-28(37)35-13-10-22(11-14-35)18-39-27-30-19-31-33-27;1-17(13-15-5-3-2-4-6-15)10-7-14-8-11-18(12-9-14)16(19)20/h4-9,15,19-20,22H,2-3,10-14,16-18H2,1H3,(H,32,36)(H,30,31,33);2-6,14H,7-13H2,1H3,(H,19,20). The largest absolute Gasteiger partial charge is 0.465 e. The quantitative estimate of drug-likeness (QED) is 0.114. The molecule has 316 valence electrons. The normalized spacial score (nSPS) is 17.9. The predicted molar refractivity (Wildman–Crippen MR) is 229 cm³/mol. The van der Waals surface area contributed by atoms with Crippen LogP contribution in [0.15, 0.2) is 84.4 Å². The summed E-state index contributed by atoms with van der Waals surface area (Å²) in [7, 11) is 2.15. The molecule has 0 aliphatic carbocycles. The molecule has 4 aromatic rings. The highest BCUT2D eigenvalue weighted by atomic mass is 32.2. The van der Waals surface area contributed by atoms with Crippen molar-refractivity contribution >= 4 is 35.5 Å². The van der Waals surface area contributed by atoms with Crippen molar-refractivity contribution in [2.45, 2.75) is 70.1 Å². The first-order valence-electron chi connectivity index (χ1n) is 20.9. The van der Waals surface area contributed by atoms with E-state index in [2.05, 4.69) is 73.5 Å². The van der Waals surface area contributed by atoms with Crippen molar-refractivity contribution in [1.29, 1.82) is 0 Å². The number of benzene rings is 2. The number of thioether (sulfide) groups is 1. The minimum Gasteiger partial charge on any atom is -0.465 e. The molecule has 59 heavy (non-hydrogen) atoms. The molecule has 3 fully saturated rings. The summed E-state index contributed by atoms with van der Waals surface area (Å²) in [6.45, 7) is 10.2. The van der Waals surface area contributed by atoms with Gasteiger partial charge in [-0.2, -0.15) is 5.10 Å². The van der Waals surface area contributed by atoms with Gasteiger partial charge in [-0.1, -0.05) is 61.2 Å². The van der Waals surface area contributed by atoms with Crippen molar-refractivity contribution in [2.75, 3.05) is 63.9 Å². The molecule has 14 nitrogen and oxygen atoms in total. The van der Waals surface area contributed by atoms with Crippen molar-refractivity contribution in [3.8, 4) is 5.88 Å². The lowest BCUT2D eigenvalue weighted by molar-refractivity contribution is 0.102. The summed E-state index contributed by atoms with van der Waals surface area (Å²) in [5.74, 6) is 2.87. The molecule has 3 aliphatic heterocycles. The van der Waals surface area contributed by atoms with Crippen LogP contribution in [0, 0.1) is 17.8 Å². The topological polar surface area (TPSA) is 160 Å². The van der Waals surface area contributed by atoms with Crippen LogP contribution in [-0.4, -0.2) is 122 Å². The van der Waals surface area contributed by atoms with Crippen molar-refractivity contribution in [1.82, 2.24) is 39.8 Å². The summed E-state index contributed by atoms with van der Waals surface area (Å²) in [6.07, 6.45) is 9.37. The van der Waals surface area contributed by atoms with E-state index in [0.717, 1.165) is 81.7 Å². The van der Waals surface area contributed by atoms with Gasteiger partial charge in [0.1, 0.15) is 6.33 Å². The Labute approximate surface area is 352 Å². The molecule has 3 N–H and O–H groups in total. The van der Waals surface area contributed by atoms with E-state index in [-0.39, 0.29) is 11.8 Å². The van der Waals surface area contributed by atoms with Gasteiger partial charge in [0, 0.05) is 63.2 Å². The van der Waals surface area contributed by atoms with Crippen LogP contribution in [0.5, 0.6) is 5.88 Å². The molecular weight excluding hydrogens is 767 g/mol. The second kappa shape index (κ2) is 22.4. The number of likely N-dealkylation sites (tertiary alicyclic amines) is 3. The van der Waals surface area contributed by atoms with Crippen LogP contribution in [0.25, 0.3) is 0 Å². The molecule has 3 amide bonds. The first kappa shape index (κ1) is 43.6. The molecule has 15 heteroatoms. The zero-order valence-electron chi connectivity index (χ0n) is 34.4. The van der Waals surface area contributed by atoms with Crippen molar-refractivity contribution in [2.24, 2.45) is 17.8 Å². The predicted octanol–water partition coefficient (Wildman–Crippen LogP) is 7.59. The fourth-order valence-electron chi connectivity index (χ4n) is 7.85.